The summed E-state index contributed by atoms with van der Waals surface area (Å²) in [7, 11) is 0. The summed E-state index contributed by atoms with van der Waals surface area (Å²) in [4.78, 5) is 38.3. The number of carbonyl (C=O) groups is 2. The zero-order chi connectivity index (χ0) is 34.0. The maximum absolute atomic E-state index is 14.3. The number of urea groups is 1. The summed E-state index contributed by atoms with van der Waals surface area (Å²) < 4.78 is 88.5. The van der Waals surface area contributed by atoms with Gasteiger partial charge in [-0.25, -0.2) is 22.9 Å². The molecule has 0 unspecified atom stereocenters. The number of benzene rings is 2. The highest BCUT2D eigenvalue weighted by atomic mass is 19.4. The second-order valence-electron chi connectivity index (χ2n) is 11.3. The normalized spacial score (nSPS) is 15.8. The van der Waals surface area contributed by atoms with E-state index in [1.54, 1.807) is 12.1 Å². The molecular formula is C32H29F6N7O3. The highest BCUT2D eigenvalue weighted by molar-refractivity contribution is 6.03. The molecule has 0 atom stereocenters. The van der Waals surface area contributed by atoms with Crippen LogP contribution in [-0.2, 0) is 6.18 Å². The van der Waals surface area contributed by atoms with E-state index >= 15 is 0 Å². The zero-order valence-electron chi connectivity index (χ0n) is 25.2. The predicted molar refractivity (Wildman–Crippen MR) is 163 cm³/mol. The fraction of sp³-hybridized carbons (Fsp3) is 0.312. The Morgan fingerprint density at radius 1 is 0.833 bits per heavy atom. The number of hydrogen-bond acceptors (Lipinski definition) is 7. The van der Waals surface area contributed by atoms with E-state index < -0.39 is 47.0 Å². The van der Waals surface area contributed by atoms with Gasteiger partial charge in [-0.2, -0.15) is 18.2 Å². The van der Waals surface area contributed by atoms with Crippen LogP contribution in [0.5, 0.6) is 0 Å². The van der Waals surface area contributed by atoms with E-state index in [9.17, 15) is 35.9 Å². The van der Waals surface area contributed by atoms with Crippen molar-refractivity contribution in [3.63, 3.8) is 0 Å². The van der Waals surface area contributed by atoms with E-state index in [1.807, 2.05) is 4.90 Å². The molecule has 0 radical (unpaired) electrons. The topological polar surface area (TPSA) is 107 Å². The van der Waals surface area contributed by atoms with Crippen molar-refractivity contribution in [3.05, 3.63) is 95.3 Å². The first-order valence-electron chi connectivity index (χ1n) is 15.1. The van der Waals surface area contributed by atoms with Gasteiger partial charge in [0.15, 0.2) is 5.69 Å². The molecule has 2 saturated heterocycles. The number of nitrogens with one attached hydrogen (secondary N) is 2. The van der Waals surface area contributed by atoms with Crippen LogP contribution >= 0.6 is 0 Å². The molecule has 0 saturated carbocycles. The average molecular weight is 674 g/mol. The number of alkyl halides is 3. The van der Waals surface area contributed by atoms with Gasteiger partial charge in [0, 0.05) is 45.3 Å². The molecule has 0 spiro atoms. The Balaban J connectivity index is 1.06. The molecule has 2 fully saturated rings. The first kappa shape index (κ1) is 32.7. The van der Waals surface area contributed by atoms with Crippen LogP contribution in [0.25, 0.3) is 0 Å². The van der Waals surface area contributed by atoms with Gasteiger partial charge in [-0.3, -0.25) is 4.79 Å². The number of nitrogens with zero attached hydrogens (tertiary/aromatic N) is 5. The van der Waals surface area contributed by atoms with Crippen molar-refractivity contribution in [1.82, 2.24) is 14.9 Å². The number of para-hydroxylation sites is 1. The summed E-state index contributed by atoms with van der Waals surface area (Å²) in [5.74, 6) is -3.87. The first-order valence-corrected chi connectivity index (χ1v) is 15.1. The Labute approximate surface area is 270 Å². The van der Waals surface area contributed by atoms with Gasteiger partial charge >= 0.3 is 12.2 Å². The van der Waals surface area contributed by atoms with Crippen molar-refractivity contribution in [2.75, 3.05) is 59.7 Å². The molecule has 10 nitrogen and oxygen atoms in total. The van der Waals surface area contributed by atoms with Crippen LogP contribution < -0.4 is 20.4 Å². The molecule has 0 aliphatic carbocycles. The number of anilines is 4. The van der Waals surface area contributed by atoms with Crippen molar-refractivity contribution in [2.45, 2.75) is 24.9 Å². The monoisotopic (exact) mass is 673 g/mol. The van der Waals surface area contributed by atoms with Crippen LogP contribution in [0.3, 0.4) is 0 Å². The molecular weight excluding hydrogens is 644 g/mol. The number of piperidine rings is 1. The van der Waals surface area contributed by atoms with Crippen molar-refractivity contribution in [3.8, 4) is 0 Å². The van der Waals surface area contributed by atoms with Crippen LogP contribution in [0.2, 0.25) is 0 Å². The van der Waals surface area contributed by atoms with Crippen LogP contribution in [0.15, 0.2) is 65.2 Å². The fourth-order valence-electron chi connectivity index (χ4n) is 5.73. The Morgan fingerprint density at radius 2 is 1.56 bits per heavy atom. The maximum Gasteiger partial charge on any atom is 0.437 e. The molecule has 4 heterocycles. The molecule has 0 bridgehead atoms. The molecule has 6 rings (SSSR count). The third-order valence-electron chi connectivity index (χ3n) is 8.27. The highest BCUT2D eigenvalue weighted by Gasteiger charge is 2.42. The summed E-state index contributed by atoms with van der Waals surface area (Å²) in [5, 5.41) is 4.92. The molecule has 16 heteroatoms. The highest BCUT2D eigenvalue weighted by Crippen LogP contribution is 2.37. The number of carbonyl (C=O) groups excluding carboxylic acids is 2. The molecule has 4 aromatic rings. The molecule has 2 aromatic heterocycles. The Hall–Kier alpha value is -5.28. The van der Waals surface area contributed by atoms with E-state index in [-0.39, 0.29) is 36.4 Å². The van der Waals surface area contributed by atoms with Crippen molar-refractivity contribution in [2.24, 2.45) is 0 Å². The van der Waals surface area contributed by atoms with Gasteiger partial charge in [-0.15, -0.1) is 0 Å². The Bertz CT molecular complexity index is 1780. The lowest BCUT2D eigenvalue weighted by atomic mass is 9.89. The minimum atomic E-state index is -4.99. The predicted octanol–water partition coefficient (Wildman–Crippen LogP) is 6.50. The summed E-state index contributed by atoms with van der Waals surface area (Å²) in [5.41, 5.74) is -0.970. The van der Waals surface area contributed by atoms with Crippen LogP contribution in [0.4, 0.5) is 54.3 Å². The van der Waals surface area contributed by atoms with Gasteiger partial charge in [0.1, 0.15) is 23.3 Å². The Morgan fingerprint density at radius 3 is 2.21 bits per heavy atom. The van der Waals surface area contributed by atoms with E-state index in [1.165, 1.54) is 46.3 Å². The maximum atomic E-state index is 14.3. The number of hydrogen-bond donors (Lipinski definition) is 2. The van der Waals surface area contributed by atoms with Gasteiger partial charge in [0.05, 0.1) is 17.6 Å². The first-order chi connectivity index (χ1) is 23.0. The van der Waals surface area contributed by atoms with Crippen LogP contribution in [0, 0.1) is 17.5 Å². The smallest absolute Gasteiger partial charge is 0.417 e. The molecule has 48 heavy (non-hydrogen) atoms. The zero-order valence-corrected chi connectivity index (χ0v) is 25.2. The summed E-state index contributed by atoms with van der Waals surface area (Å²) >= 11 is 0. The largest absolute Gasteiger partial charge is 0.437 e. The van der Waals surface area contributed by atoms with Crippen LogP contribution in [0.1, 0.15) is 40.6 Å². The third kappa shape index (κ3) is 7.16. The van der Waals surface area contributed by atoms with Gasteiger partial charge < -0.3 is 29.8 Å². The quantitative estimate of drug-likeness (QED) is 0.225. The summed E-state index contributed by atoms with van der Waals surface area (Å²) in [6.45, 7) is 1.83. The molecule has 2 aromatic carbocycles. The van der Waals surface area contributed by atoms with Gasteiger partial charge in [-0.05, 0) is 54.7 Å². The van der Waals surface area contributed by atoms with Crippen molar-refractivity contribution < 1.29 is 40.3 Å². The van der Waals surface area contributed by atoms with Gasteiger partial charge in [-0.1, -0.05) is 18.2 Å². The van der Waals surface area contributed by atoms with Crippen LogP contribution in [-0.4, -0.2) is 66.1 Å². The number of oxazole rings is 1. The molecule has 2 aliphatic rings. The SMILES string of the molecule is O=C(Nc1ccc(N2CCN(C(=O)Nc3ccccc3F)CC2)nc1)c1oc(N2CCC(c3ccc(F)cc3F)CC2)nc1C(F)(F)F. The van der Waals surface area contributed by atoms with Gasteiger partial charge in [0.25, 0.3) is 11.9 Å². The lowest BCUT2D eigenvalue weighted by Gasteiger charge is -2.35. The number of halogens is 6. The lowest BCUT2D eigenvalue weighted by Crippen LogP contribution is -2.50. The number of rotatable bonds is 6. The minimum absolute atomic E-state index is 0.0779. The lowest BCUT2D eigenvalue weighted by molar-refractivity contribution is -0.141. The van der Waals surface area contributed by atoms with E-state index in [0.29, 0.717) is 50.4 Å². The molecule has 3 amide bonds. The number of aromatic nitrogens is 2. The fourth-order valence-corrected chi connectivity index (χ4v) is 5.73. The molecule has 2 aliphatic heterocycles. The standard InChI is InChI=1S/C32H29F6N7O3/c33-20-5-7-22(24(35)17-20)19-9-11-45(12-10-19)31-42-28(32(36,37)38)27(48-31)29(46)40-21-6-8-26(39-18-21)43-13-15-44(16-14-43)30(47)41-25-4-2-1-3-23(25)34/h1-8,17-19H,9-16H2,(H,40,46)(H,41,47). The summed E-state index contributed by atoms with van der Waals surface area (Å²) in [6, 6.07) is 11.4. The number of amides is 3. The number of piperazine rings is 1. The Kier molecular flexibility index (Phi) is 9.15. The third-order valence-corrected chi connectivity index (χ3v) is 8.27. The summed E-state index contributed by atoms with van der Waals surface area (Å²) in [6.07, 6.45) is -3.00. The van der Waals surface area contributed by atoms with Crippen molar-refractivity contribution >= 4 is 35.1 Å². The molecule has 252 valence electrons. The average Bonchev–Trinajstić information content (AvgIpc) is 3.54. The second-order valence-corrected chi connectivity index (χ2v) is 11.3. The minimum Gasteiger partial charge on any atom is -0.417 e. The van der Waals surface area contributed by atoms with E-state index in [4.69, 9.17) is 4.42 Å². The van der Waals surface area contributed by atoms with Crippen molar-refractivity contribution in [1.29, 1.82) is 0 Å². The second kappa shape index (κ2) is 13.4. The number of pyridine rings is 1. The molecule has 2 N–H and O–H groups in total. The van der Waals surface area contributed by atoms with E-state index in [0.717, 1.165) is 12.1 Å². The van der Waals surface area contributed by atoms with E-state index in [2.05, 4.69) is 20.6 Å². The van der Waals surface area contributed by atoms with Gasteiger partial charge in [0.2, 0.25) is 5.76 Å².